The minimum atomic E-state index is -1.31. The Kier molecular flexibility index (Phi) is 8.08. The van der Waals surface area contributed by atoms with Crippen LogP contribution in [0.5, 0.6) is 0 Å². The van der Waals surface area contributed by atoms with Crippen LogP contribution in [0.15, 0.2) is 46.0 Å². The largest absolute Gasteiger partial charge is 0.394 e. The van der Waals surface area contributed by atoms with Gasteiger partial charge < -0.3 is 41.4 Å². The van der Waals surface area contributed by atoms with E-state index in [1.165, 1.54) is 29.1 Å². The van der Waals surface area contributed by atoms with E-state index in [4.69, 9.17) is 31.2 Å². The van der Waals surface area contributed by atoms with Crippen molar-refractivity contribution in [1.29, 1.82) is 0 Å². The SMILES string of the molecule is Nc1ccn([C@@H]2O[C@H](CO)[C@@H](O)C2=CF)c(=O)n1.Nc1ccn([C@H]2C[C@H](O)[C@@H](CO)O2)c(=O)n1. The van der Waals surface area contributed by atoms with E-state index in [0.29, 0.717) is 0 Å². The van der Waals surface area contributed by atoms with Crippen LogP contribution in [-0.4, -0.2) is 77.2 Å². The monoisotopic (exact) mass is 484 g/mol. The Labute approximate surface area is 191 Å². The molecule has 0 amide bonds. The Morgan fingerprint density at radius 3 is 2.03 bits per heavy atom. The molecule has 0 aliphatic carbocycles. The van der Waals surface area contributed by atoms with Crippen LogP contribution in [0.25, 0.3) is 0 Å². The number of hydrogen-bond acceptors (Lipinski definition) is 12. The summed E-state index contributed by atoms with van der Waals surface area (Å²) in [5.74, 6) is 0.165. The third-order valence-electron chi connectivity index (χ3n) is 5.24. The number of anilines is 2. The van der Waals surface area contributed by atoms with E-state index in [1.54, 1.807) is 0 Å². The Hall–Kier alpha value is -3.21. The number of aliphatic hydroxyl groups excluding tert-OH is 4. The molecule has 0 bridgehead atoms. The normalized spacial score (nSPS) is 29.7. The molecule has 0 aromatic carbocycles. The van der Waals surface area contributed by atoms with Crippen molar-refractivity contribution in [3.05, 3.63) is 57.4 Å². The van der Waals surface area contributed by atoms with E-state index in [0.717, 1.165) is 4.57 Å². The van der Waals surface area contributed by atoms with Crippen molar-refractivity contribution in [2.75, 3.05) is 24.7 Å². The summed E-state index contributed by atoms with van der Waals surface area (Å²) >= 11 is 0. The molecule has 2 aliphatic rings. The lowest BCUT2D eigenvalue weighted by molar-refractivity contribution is -0.0458. The van der Waals surface area contributed by atoms with Gasteiger partial charge in [-0.25, -0.2) is 14.0 Å². The van der Waals surface area contributed by atoms with Crippen LogP contribution < -0.4 is 22.8 Å². The molecule has 0 unspecified atom stereocenters. The molecule has 0 spiro atoms. The quantitative estimate of drug-likeness (QED) is 0.263. The van der Waals surface area contributed by atoms with Crippen molar-refractivity contribution in [3.8, 4) is 0 Å². The average molecular weight is 484 g/mol. The lowest BCUT2D eigenvalue weighted by atomic mass is 10.1. The van der Waals surface area contributed by atoms with Gasteiger partial charge in [0.25, 0.3) is 0 Å². The average Bonchev–Trinajstić information content (AvgIpc) is 3.32. The summed E-state index contributed by atoms with van der Waals surface area (Å²) in [5, 5.41) is 37.1. The Bertz CT molecular complexity index is 1140. The molecule has 34 heavy (non-hydrogen) atoms. The van der Waals surface area contributed by atoms with Crippen molar-refractivity contribution in [2.24, 2.45) is 0 Å². The van der Waals surface area contributed by atoms with Crippen LogP contribution in [0.1, 0.15) is 18.9 Å². The molecule has 2 saturated heterocycles. The lowest BCUT2D eigenvalue weighted by Crippen LogP contribution is -2.28. The molecular formula is C19H25FN6O8. The fourth-order valence-electron chi connectivity index (χ4n) is 3.47. The molecule has 0 saturated carbocycles. The van der Waals surface area contributed by atoms with Crippen LogP contribution in [0, 0.1) is 0 Å². The summed E-state index contributed by atoms with van der Waals surface area (Å²) in [6.45, 7) is -0.777. The molecule has 2 aliphatic heterocycles. The van der Waals surface area contributed by atoms with E-state index in [9.17, 15) is 24.2 Å². The summed E-state index contributed by atoms with van der Waals surface area (Å²) in [4.78, 5) is 30.1. The summed E-state index contributed by atoms with van der Waals surface area (Å²) in [6, 6.07) is 2.82. The highest BCUT2D eigenvalue weighted by Gasteiger charge is 2.40. The van der Waals surface area contributed by atoms with Gasteiger partial charge in [0, 0.05) is 24.4 Å². The number of nitrogen functional groups attached to an aromatic ring is 2. The Morgan fingerprint density at radius 1 is 1.00 bits per heavy atom. The first-order chi connectivity index (χ1) is 16.2. The molecule has 15 heteroatoms. The Balaban J connectivity index is 0.000000192. The fourth-order valence-corrected chi connectivity index (χ4v) is 3.47. The summed E-state index contributed by atoms with van der Waals surface area (Å²) in [5.41, 5.74) is 9.27. The second-order valence-electron chi connectivity index (χ2n) is 7.46. The second-order valence-corrected chi connectivity index (χ2v) is 7.46. The maximum atomic E-state index is 12.8. The number of ether oxygens (including phenoxy) is 2. The maximum Gasteiger partial charge on any atom is 0.351 e. The highest BCUT2D eigenvalue weighted by Crippen LogP contribution is 2.33. The Morgan fingerprint density at radius 2 is 1.56 bits per heavy atom. The van der Waals surface area contributed by atoms with E-state index in [1.807, 2.05) is 0 Å². The van der Waals surface area contributed by atoms with Gasteiger partial charge in [0.1, 0.15) is 36.2 Å². The maximum absolute atomic E-state index is 12.8. The van der Waals surface area contributed by atoms with Gasteiger partial charge in [-0.15, -0.1) is 0 Å². The lowest BCUT2D eigenvalue weighted by Gasteiger charge is -2.14. The zero-order valence-corrected chi connectivity index (χ0v) is 17.7. The highest BCUT2D eigenvalue weighted by molar-refractivity contribution is 5.25. The number of nitrogens with two attached hydrogens (primary N) is 2. The van der Waals surface area contributed by atoms with Gasteiger partial charge in [-0.2, -0.15) is 9.97 Å². The smallest absolute Gasteiger partial charge is 0.351 e. The molecule has 4 rings (SSSR count). The van der Waals surface area contributed by atoms with E-state index < -0.39 is 54.9 Å². The van der Waals surface area contributed by atoms with Crippen LogP contribution >= 0.6 is 0 Å². The topological polar surface area (TPSA) is 221 Å². The molecule has 14 nitrogen and oxygen atoms in total. The van der Waals surface area contributed by atoms with Crippen molar-refractivity contribution < 1.29 is 34.3 Å². The predicted octanol–water partition coefficient (Wildman–Crippen LogP) is -2.60. The van der Waals surface area contributed by atoms with Gasteiger partial charge in [-0.3, -0.25) is 9.13 Å². The van der Waals surface area contributed by atoms with Gasteiger partial charge in [0.15, 0.2) is 6.23 Å². The summed E-state index contributed by atoms with van der Waals surface area (Å²) in [6.07, 6.45) is -2.32. The van der Waals surface area contributed by atoms with Crippen molar-refractivity contribution in [2.45, 2.75) is 43.3 Å². The second kappa shape index (κ2) is 10.8. The zero-order valence-electron chi connectivity index (χ0n) is 17.7. The minimum absolute atomic E-state index is 0.0271. The molecule has 6 atom stereocenters. The molecule has 4 heterocycles. The number of rotatable bonds is 4. The van der Waals surface area contributed by atoms with Crippen molar-refractivity contribution >= 4 is 11.6 Å². The first-order valence-corrected chi connectivity index (χ1v) is 10.1. The van der Waals surface area contributed by atoms with Crippen LogP contribution in [-0.2, 0) is 9.47 Å². The fraction of sp³-hybridized carbons (Fsp3) is 0.474. The van der Waals surface area contributed by atoms with E-state index >= 15 is 0 Å². The third kappa shape index (κ3) is 5.30. The van der Waals surface area contributed by atoms with Gasteiger partial charge in [0.05, 0.1) is 25.6 Å². The zero-order chi connectivity index (χ0) is 25.0. The third-order valence-corrected chi connectivity index (χ3v) is 5.24. The van der Waals surface area contributed by atoms with Crippen LogP contribution in [0.2, 0.25) is 0 Å². The summed E-state index contributed by atoms with van der Waals surface area (Å²) in [7, 11) is 0. The number of aliphatic hydroxyl groups is 4. The first kappa shape index (κ1) is 25.4. The van der Waals surface area contributed by atoms with Crippen LogP contribution in [0.3, 0.4) is 0 Å². The number of nitrogens with zero attached hydrogens (tertiary/aromatic N) is 4. The number of halogens is 1. The van der Waals surface area contributed by atoms with Gasteiger partial charge in [-0.05, 0) is 12.1 Å². The molecule has 2 aromatic rings. The van der Waals surface area contributed by atoms with E-state index in [2.05, 4.69) is 9.97 Å². The number of hydrogen-bond donors (Lipinski definition) is 6. The molecule has 0 radical (unpaired) electrons. The van der Waals surface area contributed by atoms with Gasteiger partial charge in [-0.1, -0.05) is 0 Å². The molecule has 2 aromatic heterocycles. The van der Waals surface area contributed by atoms with Gasteiger partial charge >= 0.3 is 11.4 Å². The predicted molar refractivity (Wildman–Crippen MR) is 114 cm³/mol. The summed E-state index contributed by atoms with van der Waals surface area (Å²) < 4.78 is 25.5. The van der Waals surface area contributed by atoms with E-state index in [-0.39, 0.29) is 36.6 Å². The first-order valence-electron chi connectivity index (χ1n) is 10.1. The molecule has 8 N–H and O–H groups in total. The number of aromatic nitrogens is 4. The standard InChI is InChI=1S/C10H12FN3O4.C9H13N3O4/c11-3-5-8(16)6(4-15)18-9(5)14-2-1-7(12)13-10(14)17;10-7-1-2-12(9(15)11-7)8-3-5(14)6(4-13)16-8/h1-3,6,8-9,15-16H,4H2,(H2,12,13,17);1-2,5-6,8,13-14H,3-4H2,(H2,10,11,15)/t6-,8+,9-;5-,6+,8+/m10/s1. The van der Waals surface area contributed by atoms with Crippen molar-refractivity contribution in [3.63, 3.8) is 0 Å². The van der Waals surface area contributed by atoms with Crippen molar-refractivity contribution in [1.82, 2.24) is 19.1 Å². The molecule has 186 valence electrons. The van der Waals surface area contributed by atoms with Gasteiger partial charge in [0.2, 0.25) is 0 Å². The highest BCUT2D eigenvalue weighted by atomic mass is 19.1. The van der Waals surface area contributed by atoms with Crippen LogP contribution in [0.4, 0.5) is 16.0 Å². The molecular weight excluding hydrogens is 459 g/mol. The molecule has 2 fully saturated rings. The minimum Gasteiger partial charge on any atom is -0.394 e.